The van der Waals surface area contributed by atoms with E-state index in [1.54, 1.807) is 18.2 Å². The molecule has 1 saturated heterocycles. The average Bonchev–Trinajstić information content (AvgIpc) is 3.38. The van der Waals surface area contributed by atoms with E-state index in [0.717, 1.165) is 17.4 Å². The van der Waals surface area contributed by atoms with Crippen molar-refractivity contribution < 1.29 is 27.6 Å². The van der Waals surface area contributed by atoms with Gasteiger partial charge in [-0.3, -0.25) is 0 Å². The summed E-state index contributed by atoms with van der Waals surface area (Å²) in [6.45, 7) is 1.25. The van der Waals surface area contributed by atoms with Gasteiger partial charge >= 0.3 is 7.12 Å². The Hall–Kier alpha value is -2.17. The van der Waals surface area contributed by atoms with E-state index < -0.39 is 23.1 Å². The molecule has 1 aromatic heterocycles. The molecule has 30 heavy (non-hydrogen) atoms. The fraction of sp³-hybridized carbons (Fsp3) is 0.333. The zero-order chi connectivity index (χ0) is 21.1. The van der Waals surface area contributed by atoms with Crippen LogP contribution in [0.4, 0.5) is 0 Å². The normalized spacial score (nSPS) is 18.0. The lowest BCUT2D eigenvalue weighted by molar-refractivity contribution is 0.194. The molecule has 2 aromatic carbocycles. The molecule has 0 aliphatic carbocycles. The SMILES string of the molecule is O=S(=O)(Cc1ccccc1C1CCOC1)N[C@@H](Cc1coc2ccccc12)B(O)O. The molecular formula is C21H24BNO6S. The van der Waals surface area contributed by atoms with Crippen molar-refractivity contribution in [1.82, 2.24) is 4.72 Å². The van der Waals surface area contributed by atoms with Gasteiger partial charge in [-0.05, 0) is 35.6 Å². The molecule has 1 aliphatic rings. The highest BCUT2D eigenvalue weighted by Gasteiger charge is 2.30. The molecule has 0 saturated carbocycles. The van der Waals surface area contributed by atoms with Gasteiger partial charge in [0.2, 0.25) is 10.0 Å². The van der Waals surface area contributed by atoms with Gasteiger partial charge in [0.1, 0.15) is 5.58 Å². The van der Waals surface area contributed by atoms with Crippen molar-refractivity contribution in [1.29, 1.82) is 0 Å². The Bertz CT molecular complexity index is 1110. The standard InChI is InChI=1S/C21H24BNO6S/c24-22(25)21(11-17-13-29-20-8-4-3-7-19(17)20)23-30(26,27)14-16-5-1-2-6-18(16)15-9-10-28-12-15/h1-8,13,15,21,23-25H,9-12,14H2/t15?,21-/m0/s1. The van der Waals surface area contributed by atoms with Gasteiger partial charge in [-0.25, -0.2) is 13.1 Å². The summed E-state index contributed by atoms with van der Waals surface area (Å²) in [6, 6.07) is 14.8. The predicted molar refractivity (Wildman–Crippen MR) is 114 cm³/mol. The summed E-state index contributed by atoms with van der Waals surface area (Å²) < 4.78 is 39.2. The number of sulfonamides is 1. The Morgan fingerprint density at radius 2 is 1.87 bits per heavy atom. The van der Waals surface area contributed by atoms with Crippen LogP contribution >= 0.6 is 0 Å². The quantitative estimate of drug-likeness (QED) is 0.473. The molecule has 2 heterocycles. The van der Waals surface area contributed by atoms with Crippen molar-refractivity contribution >= 4 is 28.1 Å². The van der Waals surface area contributed by atoms with Crippen molar-refractivity contribution in [3.63, 3.8) is 0 Å². The van der Waals surface area contributed by atoms with E-state index in [4.69, 9.17) is 9.15 Å². The van der Waals surface area contributed by atoms with E-state index >= 15 is 0 Å². The smallest absolute Gasteiger partial charge is 0.464 e. The Morgan fingerprint density at radius 1 is 1.10 bits per heavy atom. The van der Waals surface area contributed by atoms with Crippen LogP contribution in [-0.2, 0) is 26.9 Å². The number of hydrogen-bond donors (Lipinski definition) is 3. The molecule has 0 amide bonds. The Labute approximate surface area is 175 Å². The summed E-state index contributed by atoms with van der Waals surface area (Å²) in [5, 5.41) is 20.5. The first-order chi connectivity index (χ1) is 14.4. The molecule has 1 unspecified atom stereocenters. The van der Waals surface area contributed by atoms with Crippen LogP contribution < -0.4 is 4.72 Å². The molecule has 0 spiro atoms. The van der Waals surface area contributed by atoms with E-state index in [-0.39, 0.29) is 18.1 Å². The van der Waals surface area contributed by atoms with Crippen LogP contribution in [0, 0.1) is 0 Å². The zero-order valence-corrected chi connectivity index (χ0v) is 17.2. The minimum absolute atomic E-state index is 0.0893. The molecule has 1 aliphatic heterocycles. The number of ether oxygens (including phenoxy) is 1. The maximum Gasteiger partial charge on any atom is 0.471 e. The number of furan rings is 1. The highest BCUT2D eigenvalue weighted by atomic mass is 32.2. The number of benzene rings is 2. The summed E-state index contributed by atoms with van der Waals surface area (Å²) in [5.74, 6) is -1.17. The molecule has 2 atom stereocenters. The fourth-order valence-corrected chi connectivity index (χ4v) is 5.38. The largest absolute Gasteiger partial charge is 0.471 e. The monoisotopic (exact) mass is 429 g/mol. The van der Waals surface area contributed by atoms with Crippen molar-refractivity contribution in [3.05, 3.63) is 71.5 Å². The number of rotatable bonds is 8. The Balaban J connectivity index is 1.52. The minimum atomic E-state index is -3.83. The molecule has 3 N–H and O–H groups in total. The van der Waals surface area contributed by atoms with Gasteiger partial charge in [0.15, 0.2) is 0 Å². The summed E-state index contributed by atoms with van der Waals surface area (Å²) in [4.78, 5) is 0. The third kappa shape index (κ3) is 4.76. The second kappa shape index (κ2) is 8.91. The summed E-state index contributed by atoms with van der Waals surface area (Å²) in [7, 11) is -5.68. The summed E-state index contributed by atoms with van der Waals surface area (Å²) >= 11 is 0. The van der Waals surface area contributed by atoms with Gasteiger partial charge in [-0.15, -0.1) is 0 Å². The van der Waals surface area contributed by atoms with Crippen LogP contribution in [0.5, 0.6) is 0 Å². The van der Waals surface area contributed by atoms with Crippen LogP contribution in [0.15, 0.2) is 59.2 Å². The maximum atomic E-state index is 12.9. The molecule has 4 rings (SSSR count). The van der Waals surface area contributed by atoms with E-state index in [1.165, 1.54) is 6.26 Å². The molecular weight excluding hydrogens is 405 g/mol. The molecule has 1 fully saturated rings. The molecule has 158 valence electrons. The zero-order valence-electron chi connectivity index (χ0n) is 16.4. The van der Waals surface area contributed by atoms with Crippen molar-refractivity contribution in [2.75, 3.05) is 13.2 Å². The fourth-order valence-electron chi connectivity index (χ4n) is 3.96. The van der Waals surface area contributed by atoms with Gasteiger partial charge in [-0.2, -0.15) is 0 Å². The van der Waals surface area contributed by atoms with Gasteiger partial charge < -0.3 is 19.2 Å². The molecule has 0 radical (unpaired) electrons. The summed E-state index contributed by atoms with van der Waals surface area (Å²) in [6.07, 6.45) is 2.46. The van der Waals surface area contributed by atoms with E-state index in [9.17, 15) is 18.5 Å². The van der Waals surface area contributed by atoms with Gasteiger partial charge in [0, 0.05) is 17.9 Å². The van der Waals surface area contributed by atoms with E-state index in [2.05, 4.69) is 4.72 Å². The topological polar surface area (TPSA) is 109 Å². The number of para-hydroxylation sites is 1. The Morgan fingerprint density at radius 3 is 2.63 bits per heavy atom. The van der Waals surface area contributed by atoms with Crippen molar-refractivity contribution in [2.24, 2.45) is 0 Å². The molecule has 7 nitrogen and oxygen atoms in total. The van der Waals surface area contributed by atoms with E-state index in [1.807, 2.05) is 30.3 Å². The third-order valence-corrected chi connectivity index (χ3v) is 6.81. The van der Waals surface area contributed by atoms with Crippen molar-refractivity contribution in [3.8, 4) is 0 Å². The second-order valence-corrected chi connectivity index (χ2v) is 9.37. The first kappa shape index (κ1) is 21.1. The average molecular weight is 429 g/mol. The van der Waals surface area contributed by atoms with Gasteiger partial charge in [-0.1, -0.05) is 42.5 Å². The lowest BCUT2D eigenvalue weighted by Crippen LogP contribution is -2.48. The number of nitrogens with one attached hydrogen (secondary N) is 1. The second-order valence-electron chi connectivity index (χ2n) is 7.62. The van der Waals surface area contributed by atoms with Crippen LogP contribution in [0.25, 0.3) is 11.0 Å². The predicted octanol–water partition coefficient (Wildman–Crippen LogP) is 1.98. The Kier molecular flexibility index (Phi) is 6.26. The van der Waals surface area contributed by atoms with Gasteiger partial charge in [0.25, 0.3) is 0 Å². The third-order valence-electron chi connectivity index (χ3n) is 5.46. The lowest BCUT2D eigenvalue weighted by atomic mass is 9.77. The van der Waals surface area contributed by atoms with Crippen LogP contribution in [0.2, 0.25) is 0 Å². The number of fused-ring (bicyclic) bond motifs is 1. The van der Waals surface area contributed by atoms with Gasteiger partial charge in [0.05, 0.1) is 24.6 Å². The lowest BCUT2D eigenvalue weighted by Gasteiger charge is -2.19. The van der Waals surface area contributed by atoms with E-state index in [0.29, 0.717) is 29.9 Å². The highest BCUT2D eigenvalue weighted by Crippen LogP contribution is 2.29. The highest BCUT2D eigenvalue weighted by molar-refractivity contribution is 7.88. The van der Waals surface area contributed by atoms with Crippen LogP contribution in [-0.4, -0.2) is 44.7 Å². The number of hydrogen-bond acceptors (Lipinski definition) is 6. The first-order valence-corrected chi connectivity index (χ1v) is 11.5. The minimum Gasteiger partial charge on any atom is -0.464 e. The van der Waals surface area contributed by atoms with Crippen molar-refractivity contribution in [2.45, 2.75) is 30.5 Å². The maximum absolute atomic E-state index is 12.9. The molecule has 0 bridgehead atoms. The molecule has 3 aromatic rings. The first-order valence-electron chi connectivity index (χ1n) is 9.90. The van der Waals surface area contributed by atoms with Crippen LogP contribution in [0.3, 0.4) is 0 Å². The summed E-state index contributed by atoms with van der Waals surface area (Å²) in [5.41, 5.74) is 3.02. The molecule has 9 heteroatoms. The van der Waals surface area contributed by atoms with Crippen LogP contribution in [0.1, 0.15) is 29.0 Å².